The van der Waals surface area contributed by atoms with Crippen molar-refractivity contribution in [1.82, 2.24) is 24.8 Å². The Hall–Kier alpha value is -5.16. The maximum atomic E-state index is 14.6. The van der Waals surface area contributed by atoms with E-state index in [9.17, 15) is 9.59 Å². The molecule has 2 saturated heterocycles. The first kappa shape index (κ1) is 34.9. The summed E-state index contributed by atoms with van der Waals surface area (Å²) in [5.41, 5.74) is 5.89. The molecular weight excluding hydrogens is 709 g/mol. The molecule has 2 unspecified atom stereocenters. The summed E-state index contributed by atoms with van der Waals surface area (Å²) in [6.07, 6.45) is 5.88. The normalized spacial score (nSPS) is 16.9. The second kappa shape index (κ2) is 15.1. The number of carbonyl (C=O) groups excluding carboxylic acids is 2. The number of anilines is 2. The SMILES string of the molecule is CC(c1ccc(Cl)cc1)n1cnc(-c2ccccc2)c1-c1c(C(=O)Nc2cccnc2N2CCC(NC(=O)C3CCOC3)CC2)[nH]c2cc(Cl)ccc12. The van der Waals surface area contributed by atoms with Gasteiger partial charge in [-0.25, -0.2) is 9.97 Å². The number of aromatic nitrogens is 4. The molecular formula is C41H39Cl2N7O3. The van der Waals surface area contributed by atoms with E-state index in [0.717, 1.165) is 52.7 Å². The predicted molar refractivity (Wildman–Crippen MR) is 210 cm³/mol. The average Bonchev–Trinajstić information content (AvgIpc) is 3.95. The van der Waals surface area contributed by atoms with Crippen molar-refractivity contribution in [1.29, 1.82) is 0 Å². The van der Waals surface area contributed by atoms with E-state index in [0.29, 0.717) is 59.1 Å². The molecule has 53 heavy (non-hydrogen) atoms. The van der Waals surface area contributed by atoms with Crippen molar-refractivity contribution in [3.63, 3.8) is 0 Å². The Balaban J connectivity index is 1.14. The third kappa shape index (κ3) is 7.14. The maximum Gasteiger partial charge on any atom is 0.272 e. The van der Waals surface area contributed by atoms with E-state index in [-0.39, 0.29) is 29.8 Å². The molecule has 3 aromatic carbocycles. The summed E-state index contributed by atoms with van der Waals surface area (Å²) in [7, 11) is 0. The second-order valence-corrected chi connectivity index (χ2v) is 14.5. The number of pyridine rings is 1. The molecule has 3 N–H and O–H groups in total. The Kier molecular flexibility index (Phi) is 9.92. The Morgan fingerprint density at radius 2 is 1.70 bits per heavy atom. The van der Waals surface area contributed by atoms with Gasteiger partial charge in [0.25, 0.3) is 5.91 Å². The number of amides is 2. The van der Waals surface area contributed by atoms with Gasteiger partial charge in [-0.1, -0.05) is 71.7 Å². The number of nitrogens with zero attached hydrogens (tertiary/aromatic N) is 4. The van der Waals surface area contributed by atoms with Crippen LogP contribution in [0.2, 0.25) is 10.0 Å². The molecule has 3 aromatic heterocycles. The maximum absolute atomic E-state index is 14.6. The topological polar surface area (TPSA) is 117 Å². The van der Waals surface area contributed by atoms with Crippen LogP contribution in [0.5, 0.6) is 0 Å². The molecule has 0 aliphatic carbocycles. The standard InChI is InChI=1S/C41H39Cl2N7O3/c1-25(26-9-11-29(42)12-10-26)50-24-45-36(27-6-3-2-4-7-27)38(50)35-32-14-13-30(43)22-34(32)47-37(35)41(52)48-33-8-5-18-44-39(33)49-19-15-31(16-20-49)46-40(51)28-17-21-53-23-28/h2-14,18,22,24-25,28,31,47H,15-17,19-21,23H2,1H3,(H,46,51)(H,48,52). The first-order valence-corrected chi connectivity index (χ1v) is 18.7. The van der Waals surface area contributed by atoms with Gasteiger partial charge < -0.3 is 29.8 Å². The van der Waals surface area contributed by atoms with Crippen molar-refractivity contribution in [2.24, 2.45) is 5.92 Å². The number of ether oxygens (including phenoxy) is 1. The average molecular weight is 749 g/mol. The van der Waals surface area contributed by atoms with Gasteiger partial charge in [-0.3, -0.25) is 9.59 Å². The van der Waals surface area contributed by atoms with Crippen molar-refractivity contribution < 1.29 is 14.3 Å². The van der Waals surface area contributed by atoms with Crippen LogP contribution >= 0.6 is 23.2 Å². The highest BCUT2D eigenvalue weighted by Gasteiger charge is 2.30. The number of imidazole rings is 1. The van der Waals surface area contributed by atoms with Crippen LogP contribution in [0.25, 0.3) is 33.4 Å². The highest BCUT2D eigenvalue weighted by atomic mass is 35.5. The lowest BCUT2D eigenvalue weighted by Crippen LogP contribution is -2.46. The van der Waals surface area contributed by atoms with Gasteiger partial charge in [-0.15, -0.1) is 0 Å². The van der Waals surface area contributed by atoms with E-state index in [2.05, 4.69) is 32.0 Å². The van der Waals surface area contributed by atoms with Crippen LogP contribution in [-0.4, -0.2) is 63.7 Å². The summed E-state index contributed by atoms with van der Waals surface area (Å²) in [6, 6.07) is 27.0. The van der Waals surface area contributed by atoms with E-state index in [1.807, 2.05) is 91.3 Å². The minimum atomic E-state index is -0.326. The highest BCUT2D eigenvalue weighted by Crippen LogP contribution is 2.42. The molecule has 2 atom stereocenters. The van der Waals surface area contributed by atoms with Crippen molar-refractivity contribution in [3.05, 3.63) is 119 Å². The lowest BCUT2D eigenvalue weighted by molar-refractivity contribution is -0.125. The van der Waals surface area contributed by atoms with Gasteiger partial charge in [0.2, 0.25) is 5.91 Å². The van der Waals surface area contributed by atoms with Gasteiger partial charge in [0, 0.05) is 64.0 Å². The molecule has 2 aliphatic rings. The number of rotatable bonds is 9. The number of piperidine rings is 1. The summed E-state index contributed by atoms with van der Waals surface area (Å²) in [6.45, 7) is 4.60. The number of nitrogens with one attached hydrogen (secondary N) is 3. The van der Waals surface area contributed by atoms with Crippen LogP contribution in [0.1, 0.15) is 48.3 Å². The number of aromatic amines is 1. The zero-order valence-corrected chi connectivity index (χ0v) is 30.7. The van der Waals surface area contributed by atoms with Gasteiger partial charge >= 0.3 is 0 Å². The molecule has 0 radical (unpaired) electrons. The second-order valence-electron chi connectivity index (χ2n) is 13.7. The number of hydrogen-bond acceptors (Lipinski definition) is 6. The molecule has 10 nitrogen and oxygen atoms in total. The molecule has 6 aromatic rings. The zero-order valence-electron chi connectivity index (χ0n) is 29.2. The van der Waals surface area contributed by atoms with Crippen molar-refractivity contribution >= 4 is 57.4 Å². The lowest BCUT2D eigenvalue weighted by atomic mass is 9.99. The summed E-state index contributed by atoms with van der Waals surface area (Å²) >= 11 is 12.8. The third-order valence-electron chi connectivity index (χ3n) is 10.3. The van der Waals surface area contributed by atoms with E-state index < -0.39 is 0 Å². The Labute approximate surface area is 317 Å². The Morgan fingerprint density at radius 1 is 0.925 bits per heavy atom. The van der Waals surface area contributed by atoms with Crippen LogP contribution in [-0.2, 0) is 9.53 Å². The van der Waals surface area contributed by atoms with Gasteiger partial charge in [0.15, 0.2) is 5.82 Å². The Morgan fingerprint density at radius 3 is 2.45 bits per heavy atom. The van der Waals surface area contributed by atoms with Crippen LogP contribution in [0.4, 0.5) is 11.5 Å². The lowest BCUT2D eigenvalue weighted by Gasteiger charge is -2.34. The first-order chi connectivity index (χ1) is 25.8. The van der Waals surface area contributed by atoms with Gasteiger partial charge in [-0.2, -0.15) is 0 Å². The number of H-pyrrole nitrogens is 1. The van der Waals surface area contributed by atoms with Crippen LogP contribution < -0.4 is 15.5 Å². The smallest absolute Gasteiger partial charge is 0.272 e. The summed E-state index contributed by atoms with van der Waals surface area (Å²) in [5, 5.41) is 8.45. The van der Waals surface area contributed by atoms with Crippen LogP contribution in [0.3, 0.4) is 0 Å². The van der Waals surface area contributed by atoms with Gasteiger partial charge in [-0.05, 0) is 68.1 Å². The number of halogens is 2. The molecule has 2 aliphatic heterocycles. The van der Waals surface area contributed by atoms with Crippen molar-refractivity contribution in [2.45, 2.75) is 38.3 Å². The number of benzene rings is 3. The van der Waals surface area contributed by atoms with Crippen LogP contribution in [0.15, 0.2) is 97.5 Å². The monoisotopic (exact) mass is 747 g/mol. The molecule has 270 valence electrons. The molecule has 0 saturated carbocycles. The van der Waals surface area contributed by atoms with E-state index >= 15 is 0 Å². The van der Waals surface area contributed by atoms with Crippen molar-refractivity contribution in [3.8, 4) is 22.5 Å². The molecule has 2 amide bonds. The number of carbonyl (C=O) groups is 2. The minimum absolute atomic E-state index is 0.0701. The van der Waals surface area contributed by atoms with Crippen LogP contribution in [0, 0.1) is 5.92 Å². The fourth-order valence-electron chi connectivity index (χ4n) is 7.42. The minimum Gasteiger partial charge on any atom is -0.381 e. The molecule has 0 bridgehead atoms. The summed E-state index contributed by atoms with van der Waals surface area (Å²) in [4.78, 5) is 42.6. The first-order valence-electron chi connectivity index (χ1n) is 17.9. The Bertz CT molecular complexity index is 2260. The molecule has 8 rings (SSSR count). The quantitative estimate of drug-likeness (QED) is 0.137. The fraction of sp³-hybridized carbons (Fsp3) is 0.268. The highest BCUT2D eigenvalue weighted by molar-refractivity contribution is 6.31. The molecule has 0 spiro atoms. The third-order valence-corrected chi connectivity index (χ3v) is 10.8. The molecule has 12 heteroatoms. The van der Waals surface area contributed by atoms with Crippen molar-refractivity contribution in [2.75, 3.05) is 36.5 Å². The number of fused-ring (bicyclic) bond motifs is 1. The fourth-order valence-corrected chi connectivity index (χ4v) is 7.72. The van der Waals surface area contributed by atoms with Gasteiger partial charge in [0.05, 0.1) is 42.0 Å². The van der Waals surface area contributed by atoms with E-state index in [1.54, 1.807) is 6.20 Å². The predicted octanol–water partition coefficient (Wildman–Crippen LogP) is 8.38. The van der Waals surface area contributed by atoms with E-state index in [4.69, 9.17) is 37.9 Å². The van der Waals surface area contributed by atoms with E-state index in [1.165, 1.54) is 0 Å². The zero-order chi connectivity index (χ0) is 36.5. The largest absolute Gasteiger partial charge is 0.381 e. The summed E-state index contributed by atoms with van der Waals surface area (Å²) in [5.74, 6) is 0.357. The summed E-state index contributed by atoms with van der Waals surface area (Å²) < 4.78 is 7.51. The number of hydrogen-bond donors (Lipinski definition) is 3. The molecule has 2 fully saturated rings. The molecule has 5 heterocycles. The van der Waals surface area contributed by atoms with Gasteiger partial charge in [0.1, 0.15) is 5.69 Å².